The van der Waals surface area contributed by atoms with Gasteiger partial charge in [-0.15, -0.1) is 0 Å². The maximum Gasteiger partial charge on any atom is 0.251 e. The summed E-state index contributed by atoms with van der Waals surface area (Å²) in [5, 5.41) is 12.3. The Kier molecular flexibility index (Phi) is 5.38. The lowest BCUT2D eigenvalue weighted by Gasteiger charge is -2.29. The van der Waals surface area contributed by atoms with Crippen LogP contribution in [0.3, 0.4) is 0 Å². The topological polar surface area (TPSA) is 61.8 Å². The quantitative estimate of drug-likeness (QED) is 0.846. The van der Waals surface area contributed by atoms with E-state index in [1.54, 1.807) is 18.2 Å². The Labute approximate surface area is 119 Å². The maximum absolute atomic E-state index is 11.9. The molecule has 1 atom stereocenters. The number of carbonyl (C=O) groups excluding carboxylic acids is 1. The Morgan fingerprint density at radius 2 is 2.20 bits per heavy atom. The van der Waals surface area contributed by atoms with Crippen LogP contribution in [0.2, 0.25) is 0 Å². The predicted molar refractivity (Wildman–Crippen MR) is 76.9 cm³/mol. The van der Waals surface area contributed by atoms with Gasteiger partial charge in [-0.3, -0.25) is 9.69 Å². The molecule has 110 valence electrons. The van der Waals surface area contributed by atoms with Crippen molar-refractivity contribution in [2.75, 3.05) is 39.4 Å². The van der Waals surface area contributed by atoms with Gasteiger partial charge in [0.05, 0.1) is 13.2 Å². The third-order valence-corrected chi connectivity index (χ3v) is 3.39. The van der Waals surface area contributed by atoms with Crippen LogP contribution in [0.1, 0.15) is 17.3 Å². The Morgan fingerprint density at radius 1 is 1.45 bits per heavy atom. The van der Waals surface area contributed by atoms with Crippen molar-refractivity contribution in [3.63, 3.8) is 0 Å². The average molecular weight is 278 g/mol. The van der Waals surface area contributed by atoms with Crippen molar-refractivity contribution in [1.29, 1.82) is 0 Å². The first-order valence-corrected chi connectivity index (χ1v) is 7.02. The number of phenols is 1. The number of nitrogens with zero attached hydrogens (tertiary/aromatic N) is 1. The predicted octanol–water partition coefficient (Wildman–Crippen LogP) is 1.09. The number of hydrogen-bond acceptors (Lipinski definition) is 4. The minimum atomic E-state index is -0.144. The number of morpholine rings is 1. The molecule has 0 aliphatic carbocycles. The van der Waals surface area contributed by atoms with Gasteiger partial charge >= 0.3 is 0 Å². The number of benzene rings is 1. The molecule has 1 aromatic carbocycles. The molecule has 2 rings (SSSR count). The second-order valence-electron chi connectivity index (χ2n) is 5.28. The number of amides is 1. The van der Waals surface area contributed by atoms with Gasteiger partial charge in [-0.25, -0.2) is 0 Å². The molecule has 5 heteroatoms. The zero-order chi connectivity index (χ0) is 14.4. The molecule has 0 aromatic heterocycles. The van der Waals surface area contributed by atoms with Crippen molar-refractivity contribution >= 4 is 5.91 Å². The van der Waals surface area contributed by atoms with E-state index in [0.717, 1.165) is 32.8 Å². The summed E-state index contributed by atoms with van der Waals surface area (Å²) in [4.78, 5) is 14.3. The van der Waals surface area contributed by atoms with Crippen molar-refractivity contribution in [2.45, 2.75) is 6.92 Å². The van der Waals surface area contributed by atoms with Gasteiger partial charge in [0.15, 0.2) is 0 Å². The van der Waals surface area contributed by atoms with E-state index in [1.807, 2.05) is 0 Å². The molecule has 0 radical (unpaired) electrons. The van der Waals surface area contributed by atoms with Gasteiger partial charge in [-0.2, -0.15) is 0 Å². The Bertz CT molecular complexity index is 444. The minimum absolute atomic E-state index is 0.110. The Morgan fingerprint density at radius 3 is 2.90 bits per heavy atom. The van der Waals surface area contributed by atoms with Crippen LogP contribution in [0.25, 0.3) is 0 Å². The molecule has 1 unspecified atom stereocenters. The second-order valence-corrected chi connectivity index (χ2v) is 5.28. The van der Waals surface area contributed by atoms with Gasteiger partial charge < -0.3 is 15.2 Å². The van der Waals surface area contributed by atoms with Crippen LogP contribution < -0.4 is 5.32 Å². The number of ether oxygens (including phenoxy) is 1. The van der Waals surface area contributed by atoms with Crippen LogP contribution in [-0.4, -0.2) is 55.3 Å². The highest BCUT2D eigenvalue weighted by molar-refractivity contribution is 5.94. The molecule has 1 aromatic rings. The standard InChI is InChI=1S/C15H22N2O3/c1-12(11-17-5-7-20-8-6-17)10-16-15(19)13-3-2-4-14(18)9-13/h2-4,9,12,18H,5-8,10-11H2,1H3,(H,16,19). The molecule has 1 amide bonds. The molecule has 1 heterocycles. The normalized spacial score (nSPS) is 17.6. The fraction of sp³-hybridized carbons (Fsp3) is 0.533. The van der Waals surface area contributed by atoms with Crippen LogP contribution in [0, 0.1) is 5.92 Å². The first-order chi connectivity index (χ1) is 9.65. The summed E-state index contributed by atoms with van der Waals surface area (Å²) < 4.78 is 5.31. The van der Waals surface area contributed by atoms with Gasteiger partial charge in [0.25, 0.3) is 5.91 Å². The van der Waals surface area contributed by atoms with Crippen LogP contribution >= 0.6 is 0 Å². The number of aromatic hydroxyl groups is 1. The zero-order valence-corrected chi connectivity index (χ0v) is 11.8. The van der Waals surface area contributed by atoms with Gasteiger partial charge in [0.1, 0.15) is 5.75 Å². The molecule has 0 saturated carbocycles. The molecule has 1 aliphatic rings. The highest BCUT2D eigenvalue weighted by Crippen LogP contribution is 2.10. The lowest BCUT2D eigenvalue weighted by molar-refractivity contribution is 0.0317. The van der Waals surface area contributed by atoms with E-state index in [-0.39, 0.29) is 11.7 Å². The monoisotopic (exact) mass is 278 g/mol. The molecular formula is C15H22N2O3. The lowest BCUT2D eigenvalue weighted by Crippen LogP contribution is -2.41. The van der Waals surface area contributed by atoms with Crippen LogP contribution in [-0.2, 0) is 4.74 Å². The zero-order valence-electron chi connectivity index (χ0n) is 11.8. The first kappa shape index (κ1) is 14.8. The van der Waals surface area contributed by atoms with E-state index in [9.17, 15) is 9.90 Å². The summed E-state index contributed by atoms with van der Waals surface area (Å²) in [5.74, 6) is 0.350. The molecule has 1 fully saturated rings. The largest absolute Gasteiger partial charge is 0.508 e. The summed E-state index contributed by atoms with van der Waals surface area (Å²) in [6.07, 6.45) is 0. The average Bonchev–Trinajstić information content (AvgIpc) is 2.46. The molecule has 0 spiro atoms. The third-order valence-electron chi connectivity index (χ3n) is 3.39. The highest BCUT2D eigenvalue weighted by Gasteiger charge is 2.14. The molecule has 0 bridgehead atoms. The fourth-order valence-electron chi connectivity index (χ4n) is 2.31. The minimum Gasteiger partial charge on any atom is -0.508 e. The van der Waals surface area contributed by atoms with Crippen LogP contribution in [0.4, 0.5) is 0 Å². The summed E-state index contributed by atoms with van der Waals surface area (Å²) in [7, 11) is 0. The van der Waals surface area contributed by atoms with E-state index in [2.05, 4.69) is 17.1 Å². The van der Waals surface area contributed by atoms with Crippen LogP contribution in [0.5, 0.6) is 5.75 Å². The third kappa shape index (κ3) is 4.51. The number of hydrogen-bond donors (Lipinski definition) is 2. The molecular weight excluding hydrogens is 256 g/mol. The first-order valence-electron chi connectivity index (χ1n) is 7.02. The van der Waals surface area contributed by atoms with Crippen molar-refractivity contribution in [3.05, 3.63) is 29.8 Å². The summed E-state index contributed by atoms with van der Waals surface area (Å²) in [6.45, 7) is 7.23. The summed E-state index contributed by atoms with van der Waals surface area (Å²) in [5.41, 5.74) is 0.489. The van der Waals surface area contributed by atoms with E-state index >= 15 is 0 Å². The van der Waals surface area contributed by atoms with E-state index in [1.165, 1.54) is 6.07 Å². The molecule has 5 nitrogen and oxygen atoms in total. The van der Waals surface area contributed by atoms with Gasteiger partial charge in [-0.05, 0) is 24.1 Å². The number of phenolic OH excluding ortho intramolecular Hbond substituents is 1. The fourth-order valence-corrected chi connectivity index (χ4v) is 2.31. The smallest absolute Gasteiger partial charge is 0.251 e. The molecule has 20 heavy (non-hydrogen) atoms. The maximum atomic E-state index is 11.9. The summed E-state index contributed by atoms with van der Waals surface area (Å²) in [6, 6.07) is 6.39. The number of carbonyl (C=O) groups is 1. The van der Waals surface area contributed by atoms with Crippen molar-refractivity contribution < 1.29 is 14.6 Å². The van der Waals surface area contributed by atoms with Crippen molar-refractivity contribution in [2.24, 2.45) is 5.92 Å². The highest BCUT2D eigenvalue weighted by atomic mass is 16.5. The number of nitrogens with one attached hydrogen (secondary N) is 1. The lowest BCUT2D eigenvalue weighted by atomic mass is 10.1. The number of rotatable bonds is 5. The second kappa shape index (κ2) is 7.26. The van der Waals surface area contributed by atoms with E-state index < -0.39 is 0 Å². The molecule has 1 saturated heterocycles. The van der Waals surface area contributed by atoms with Crippen molar-refractivity contribution in [3.8, 4) is 5.75 Å². The van der Waals surface area contributed by atoms with E-state index in [0.29, 0.717) is 18.0 Å². The van der Waals surface area contributed by atoms with Crippen molar-refractivity contribution in [1.82, 2.24) is 10.2 Å². The summed E-state index contributed by atoms with van der Waals surface area (Å²) >= 11 is 0. The van der Waals surface area contributed by atoms with Crippen LogP contribution in [0.15, 0.2) is 24.3 Å². The van der Waals surface area contributed by atoms with Gasteiger partial charge in [-0.1, -0.05) is 13.0 Å². The van der Waals surface area contributed by atoms with E-state index in [4.69, 9.17) is 4.74 Å². The molecule has 1 aliphatic heterocycles. The Balaban J connectivity index is 1.75. The Hall–Kier alpha value is -1.59. The van der Waals surface area contributed by atoms with Gasteiger partial charge in [0, 0.05) is 31.7 Å². The molecule has 2 N–H and O–H groups in total. The SMILES string of the molecule is CC(CNC(=O)c1cccc(O)c1)CN1CCOCC1. The van der Waals surface area contributed by atoms with Gasteiger partial charge in [0.2, 0.25) is 0 Å².